The molecule has 0 aliphatic rings. The van der Waals surface area contributed by atoms with Crippen molar-refractivity contribution in [3.05, 3.63) is 46.2 Å². The summed E-state index contributed by atoms with van der Waals surface area (Å²) in [7, 11) is 0. The molecule has 4 nitrogen and oxygen atoms in total. The number of nitrogens with two attached hydrogens (primary N) is 1. The minimum Gasteiger partial charge on any atom is -0.478 e. The Labute approximate surface area is 115 Å². The fourth-order valence-corrected chi connectivity index (χ4v) is 2.63. The molecule has 100 valence electrons. The smallest absolute Gasteiger partial charge is 0.337 e. The van der Waals surface area contributed by atoms with E-state index in [2.05, 4.69) is 16.8 Å². The molecule has 2 aromatic rings. The molecule has 1 aromatic carbocycles. The van der Waals surface area contributed by atoms with E-state index in [1.807, 2.05) is 12.3 Å². The summed E-state index contributed by atoms with van der Waals surface area (Å²) in [6.45, 7) is 2.03. The van der Waals surface area contributed by atoms with Gasteiger partial charge in [-0.05, 0) is 53.9 Å². The normalized spacial score (nSPS) is 12.1. The molecule has 0 spiro atoms. The second-order valence-electron chi connectivity index (χ2n) is 4.49. The summed E-state index contributed by atoms with van der Waals surface area (Å²) in [6, 6.07) is 7.11. The number of thiophene rings is 1. The third kappa shape index (κ3) is 3.48. The Morgan fingerprint density at radius 1 is 1.47 bits per heavy atom. The molecule has 1 heterocycles. The Morgan fingerprint density at radius 3 is 2.89 bits per heavy atom. The fourth-order valence-electron chi connectivity index (χ4n) is 1.94. The first-order valence-corrected chi connectivity index (χ1v) is 6.91. The van der Waals surface area contributed by atoms with Gasteiger partial charge in [-0.25, -0.2) is 4.79 Å². The van der Waals surface area contributed by atoms with Crippen molar-refractivity contribution in [2.75, 3.05) is 11.1 Å². The third-order valence-corrected chi connectivity index (χ3v) is 3.53. The van der Waals surface area contributed by atoms with Crippen molar-refractivity contribution in [1.82, 2.24) is 0 Å². The molecule has 19 heavy (non-hydrogen) atoms. The number of carboxylic acids is 1. The monoisotopic (exact) mass is 276 g/mol. The largest absolute Gasteiger partial charge is 0.478 e. The molecular formula is C14H16N2O2S. The second-order valence-corrected chi connectivity index (χ2v) is 5.27. The van der Waals surface area contributed by atoms with Crippen LogP contribution in [0.25, 0.3) is 0 Å². The number of aromatic carboxylic acids is 1. The lowest BCUT2D eigenvalue weighted by Crippen LogP contribution is -2.19. The molecule has 1 unspecified atom stereocenters. The molecule has 0 aliphatic heterocycles. The number of anilines is 2. The van der Waals surface area contributed by atoms with Crippen LogP contribution in [0.1, 0.15) is 22.8 Å². The van der Waals surface area contributed by atoms with Crippen LogP contribution in [0, 0.1) is 0 Å². The number of nitrogens with one attached hydrogen (secondary N) is 1. The first kappa shape index (κ1) is 13.4. The van der Waals surface area contributed by atoms with Crippen LogP contribution in [0.3, 0.4) is 0 Å². The molecule has 0 aliphatic carbocycles. The molecule has 1 atom stereocenters. The Balaban J connectivity index is 2.12. The summed E-state index contributed by atoms with van der Waals surface area (Å²) in [6.07, 6.45) is 0.854. The van der Waals surface area contributed by atoms with Crippen LogP contribution in [0.5, 0.6) is 0 Å². The lowest BCUT2D eigenvalue weighted by molar-refractivity contribution is 0.0698. The predicted molar refractivity (Wildman–Crippen MR) is 78.9 cm³/mol. The average Bonchev–Trinajstić information content (AvgIpc) is 2.83. The minimum absolute atomic E-state index is 0.149. The summed E-state index contributed by atoms with van der Waals surface area (Å²) in [5.41, 5.74) is 8.12. The zero-order valence-electron chi connectivity index (χ0n) is 10.6. The molecule has 5 heteroatoms. The van der Waals surface area contributed by atoms with Crippen LogP contribution >= 0.6 is 11.3 Å². The van der Waals surface area contributed by atoms with Gasteiger partial charge in [-0.2, -0.15) is 11.3 Å². The highest BCUT2D eigenvalue weighted by Crippen LogP contribution is 2.21. The summed E-state index contributed by atoms with van der Waals surface area (Å²) < 4.78 is 0. The molecule has 0 fully saturated rings. The van der Waals surface area contributed by atoms with E-state index >= 15 is 0 Å². The lowest BCUT2D eigenvalue weighted by atomic mass is 10.1. The molecule has 0 radical (unpaired) electrons. The first-order chi connectivity index (χ1) is 9.06. The zero-order chi connectivity index (χ0) is 13.8. The van der Waals surface area contributed by atoms with E-state index in [-0.39, 0.29) is 11.6 Å². The van der Waals surface area contributed by atoms with Gasteiger partial charge in [-0.3, -0.25) is 0 Å². The number of hydrogen-bond acceptors (Lipinski definition) is 4. The Hall–Kier alpha value is -2.01. The van der Waals surface area contributed by atoms with Gasteiger partial charge in [0.05, 0.1) is 5.56 Å². The summed E-state index contributed by atoms with van der Waals surface area (Å²) in [5, 5.41) is 16.5. The maximum Gasteiger partial charge on any atom is 0.337 e. The summed E-state index contributed by atoms with van der Waals surface area (Å²) >= 11 is 1.66. The van der Waals surface area contributed by atoms with Gasteiger partial charge < -0.3 is 16.2 Å². The van der Waals surface area contributed by atoms with E-state index in [4.69, 9.17) is 10.8 Å². The van der Waals surface area contributed by atoms with Crippen LogP contribution in [-0.4, -0.2) is 17.1 Å². The number of nitrogen functional groups attached to an aromatic ring is 1. The van der Waals surface area contributed by atoms with Gasteiger partial charge in [0.15, 0.2) is 0 Å². The third-order valence-electron chi connectivity index (χ3n) is 2.80. The Bertz CT molecular complexity index is 567. The maximum atomic E-state index is 11.2. The lowest BCUT2D eigenvalue weighted by Gasteiger charge is -2.16. The van der Waals surface area contributed by atoms with Crippen LogP contribution in [0.15, 0.2) is 35.0 Å². The topological polar surface area (TPSA) is 75.3 Å². The molecule has 4 N–H and O–H groups in total. The average molecular weight is 276 g/mol. The quantitative estimate of drug-likeness (QED) is 0.734. The highest BCUT2D eigenvalue weighted by Gasteiger charge is 2.12. The highest BCUT2D eigenvalue weighted by molar-refractivity contribution is 7.07. The van der Waals surface area contributed by atoms with E-state index in [1.54, 1.807) is 23.5 Å². The van der Waals surface area contributed by atoms with Crippen molar-refractivity contribution >= 4 is 28.7 Å². The van der Waals surface area contributed by atoms with Crippen molar-refractivity contribution in [1.29, 1.82) is 0 Å². The van der Waals surface area contributed by atoms with Crippen molar-refractivity contribution in [2.24, 2.45) is 0 Å². The van der Waals surface area contributed by atoms with Crippen molar-refractivity contribution < 1.29 is 9.90 Å². The van der Waals surface area contributed by atoms with Gasteiger partial charge in [0.2, 0.25) is 0 Å². The highest BCUT2D eigenvalue weighted by atomic mass is 32.1. The van der Waals surface area contributed by atoms with Crippen molar-refractivity contribution in [3.8, 4) is 0 Å². The van der Waals surface area contributed by atoms with Gasteiger partial charge in [0.1, 0.15) is 0 Å². The van der Waals surface area contributed by atoms with Crippen LogP contribution < -0.4 is 11.1 Å². The Morgan fingerprint density at radius 2 is 2.26 bits per heavy atom. The predicted octanol–water partition coefficient (Wildman–Crippen LogP) is 3.07. The van der Waals surface area contributed by atoms with Crippen LogP contribution in [0.2, 0.25) is 0 Å². The van der Waals surface area contributed by atoms with Gasteiger partial charge in [0.25, 0.3) is 0 Å². The van der Waals surface area contributed by atoms with Gasteiger partial charge in [-0.15, -0.1) is 0 Å². The van der Waals surface area contributed by atoms with Crippen LogP contribution in [-0.2, 0) is 6.42 Å². The molecule has 0 bridgehead atoms. The number of carbonyl (C=O) groups is 1. The van der Waals surface area contributed by atoms with E-state index in [9.17, 15) is 4.79 Å². The van der Waals surface area contributed by atoms with Crippen LogP contribution in [0.4, 0.5) is 11.4 Å². The van der Waals surface area contributed by atoms with E-state index in [0.29, 0.717) is 11.4 Å². The Kier molecular flexibility index (Phi) is 4.06. The number of carboxylic acid groups (broad SMARTS) is 1. The zero-order valence-corrected chi connectivity index (χ0v) is 11.4. The molecular weight excluding hydrogens is 260 g/mol. The number of rotatable bonds is 5. The summed E-state index contributed by atoms with van der Waals surface area (Å²) in [4.78, 5) is 11.2. The van der Waals surface area contributed by atoms with Crippen molar-refractivity contribution in [2.45, 2.75) is 19.4 Å². The fraction of sp³-hybridized carbons (Fsp3) is 0.214. The molecule has 2 rings (SSSR count). The minimum atomic E-state index is -0.975. The number of hydrogen-bond donors (Lipinski definition) is 3. The van der Waals surface area contributed by atoms with Gasteiger partial charge in [0, 0.05) is 17.4 Å². The maximum absolute atomic E-state index is 11.2. The second kappa shape index (κ2) is 5.75. The molecule has 1 aromatic heterocycles. The van der Waals surface area contributed by atoms with Gasteiger partial charge in [-0.1, -0.05) is 0 Å². The summed E-state index contributed by atoms with van der Waals surface area (Å²) in [5.74, 6) is -0.975. The van der Waals surface area contributed by atoms with E-state index in [1.165, 1.54) is 11.6 Å². The molecule has 0 saturated carbocycles. The number of benzene rings is 1. The SMILES string of the molecule is CC(Cc1ccsc1)Nc1ccc(N)cc1C(=O)O. The molecule has 0 saturated heterocycles. The first-order valence-electron chi connectivity index (χ1n) is 5.96. The molecule has 0 amide bonds. The van der Waals surface area contributed by atoms with Crippen molar-refractivity contribution in [3.63, 3.8) is 0 Å². The van der Waals surface area contributed by atoms with E-state index in [0.717, 1.165) is 6.42 Å². The standard InChI is InChI=1S/C14H16N2O2S/c1-9(6-10-4-5-19-8-10)16-13-3-2-11(15)7-12(13)14(17)18/h2-5,7-9,16H,6,15H2,1H3,(H,17,18). The van der Waals surface area contributed by atoms with E-state index < -0.39 is 5.97 Å². The van der Waals surface area contributed by atoms with Gasteiger partial charge >= 0.3 is 5.97 Å².